The minimum absolute atomic E-state index is 0.120. The van der Waals surface area contributed by atoms with Gasteiger partial charge in [0.25, 0.3) is 0 Å². The average molecular weight is 267 g/mol. The minimum atomic E-state index is 0.120. The first-order chi connectivity index (χ1) is 9.15. The summed E-state index contributed by atoms with van der Waals surface area (Å²) in [6, 6.07) is 6.24. The normalized spacial score (nSPS) is 12.4. The van der Waals surface area contributed by atoms with Crippen LogP contribution in [0.2, 0.25) is 0 Å². The van der Waals surface area contributed by atoms with Crippen LogP contribution in [0.5, 0.6) is 5.75 Å². The summed E-state index contributed by atoms with van der Waals surface area (Å²) >= 11 is 0. The molecule has 0 unspecified atom stereocenters. The fourth-order valence-corrected chi connectivity index (χ4v) is 1.77. The lowest BCUT2D eigenvalue weighted by Crippen LogP contribution is -2.32. The summed E-state index contributed by atoms with van der Waals surface area (Å²) in [5, 5.41) is 12.0. The maximum atomic E-state index is 8.83. The fraction of sp³-hybridized carbons (Fsp3) is 0.600. The quantitative estimate of drug-likeness (QED) is 0.668. The van der Waals surface area contributed by atoms with Crippen molar-refractivity contribution in [2.45, 2.75) is 26.8 Å². The Labute approximate surface area is 115 Å². The molecule has 0 saturated heterocycles. The molecule has 1 aromatic carbocycles. The maximum absolute atomic E-state index is 8.83. The maximum Gasteiger partial charge on any atom is 0.125 e. The van der Waals surface area contributed by atoms with Crippen LogP contribution in [0.15, 0.2) is 18.2 Å². The van der Waals surface area contributed by atoms with E-state index < -0.39 is 0 Å². The molecule has 1 atom stereocenters. The summed E-state index contributed by atoms with van der Waals surface area (Å²) in [5.74, 6) is 0.957. The van der Waals surface area contributed by atoms with Gasteiger partial charge in [-0.2, -0.15) is 0 Å². The Balaban J connectivity index is 2.11. The number of hydrogen-bond donors (Lipinski definition) is 2. The van der Waals surface area contributed by atoms with Crippen LogP contribution < -0.4 is 10.1 Å². The van der Waals surface area contributed by atoms with E-state index >= 15 is 0 Å². The van der Waals surface area contributed by atoms with Crippen LogP contribution in [0.25, 0.3) is 0 Å². The highest BCUT2D eigenvalue weighted by atomic mass is 16.5. The predicted octanol–water partition coefficient (Wildman–Crippen LogP) is 1.67. The van der Waals surface area contributed by atoms with Gasteiger partial charge in [0.1, 0.15) is 12.4 Å². The summed E-state index contributed by atoms with van der Waals surface area (Å²) in [6.07, 6.45) is 0. The van der Waals surface area contributed by atoms with Crippen molar-refractivity contribution in [2.75, 3.05) is 33.0 Å². The molecule has 0 aliphatic rings. The van der Waals surface area contributed by atoms with Crippen LogP contribution in [-0.2, 0) is 4.74 Å². The van der Waals surface area contributed by atoms with Crippen LogP contribution in [-0.4, -0.2) is 44.1 Å². The second-order valence-electron chi connectivity index (χ2n) is 4.72. The van der Waals surface area contributed by atoms with E-state index in [0.717, 1.165) is 23.4 Å². The number of aliphatic hydroxyl groups is 1. The molecular formula is C15H25NO3. The largest absolute Gasteiger partial charge is 0.491 e. The molecule has 0 amide bonds. The molecule has 1 aromatic rings. The van der Waals surface area contributed by atoms with E-state index in [1.807, 2.05) is 39.0 Å². The van der Waals surface area contributed by atoms with Gasteiger partial charge in [-0.3, -0.25) is 0 Å². The molecule has 0 aromatic heterocycles. The van der Waals surface area contributed by atoms with E-state index in [1.165, 1.54) is 0 Å². The van der Waals surface area contributed by atoms with Crippen molar-refractivity contribution in [3.8, 4) is 5.75 Å². The Bertz CT molecular complexity index is 348. The highest BCUT2D eigenvalue weighted by Gasteiger charge is 2.02. The third kappa shape index (κ3) is 6.05. The lowest BCUT2D eigenvalue weighted by Gasteiger charge is -2.13. The first kappa shape index (κ1) is 16.0. The summed E-state index contributed by atoms with van der Waals surface area (Å²) in [6.45, 7) is 8.67. The van der Waals surface area contributed by atoms with E-state index in [-0.39, 0.29) is 12.6 Å². The monoisotopic (exact) mass is 267 g/mol. The number of ether oxygens (including phenoxy) is 2. The molecule has 1 rings (SSSR count). The Hall–Kier alpha value is -1.10. The van der Waals surface area contributed by atoms with Gasteiger partial charge in [-0.05, 0) is 31.9 Å². The number of rotatable bonds is 9. The second kappa shape index (κ2) is 8.91. The Morgan fingerprint density at radius 2 is 1.84 bits per heavy atom. The molecule has 0 fully saturated rings. The van der Waals surface area contributed by atoms with Gasteiger partial charge in [0.05, 0.1) is 19.8 Å². The molecule has 0 saturated carbocycles. The van der Waals surface area contributed by atoms with Gasteiger partial charge >= 0.3 is 0 Å². The lowest BCUT2D eigenvalue weighted by molar-refractivity contribution is 0.0984. The second-order valence-corrected chi connectivity index (χ2v) is 4.72. The van der Waals surface area contributed by atoms with Gasteiger partial charge in [0, 0.05) is 12.6 Å². The average Bonchev–Trinajstić information content (AvgIpc) is 2.40. The Morgan fingerprint density at radius 1 is 1.16 bits per heavy atom. The van der Waals surface area contributed by atoms with Crippen molar-refractivity contribution in [1.82, 2.24) is 5.32 Å². The molecule has 0 aliphatic carbocycles. The van der Waals surface area contributed by atoms with E-state index in [2.05, 4.69) is 5.32 Å². The SMILES string of the molecule is Cc1cccc(C)c1OCCOCCN[C@H](C)CO. The first-order valence-corrected chi connectivity index (χ1v) is 6.76. The van der Waals surface area contributed by atoms with Gasteiger partial charge in [0.2, 0.25) is 0 Å². The van der Waals surface area contributed by atoms with Crippen LogP contribution in [0, 0.1) is 13.8 Å². The lowest BCUT2D eigenvalue weighted by atomic mass is 10.1. The predicted molar refractivity (Wildman–Crippen MR) is 76.8 cm³/mol. The number of hydrogen-bond acceptors (Lipinski definition) is 4. The number of para-hydroxylation sites is 1. The van der Waals surface area contributed by atoms with Crippen molar-refractivity contribution >= 4 is 0 Å². The van der Waals surface area contributed by atoms with Crippen molar-refractivity contribution in [3.63, 3.8) is 0 Å². The van der Waals surface area contributed by atoms with Crippen molar-refractivity contribution < 1.29 is 14.6 Å². The number of benzene rings is 1. The van der Waals surface area contributed by atoms with Crippen molar-refractivity contribution in [3.05, 3.63) is 29.3 Å². The molecule has 4 heteroatoms. The van der Waals surface area contributed by atoms with E-state index in [1.54, 1.807) is 0 Å². The molecule has 4 nitrogen and oxygen atoms in total. The topological polar surface area (TPSA) is 50.7 Å². The third-order valence-corrected chi connectivity index (χ3v) is 2.90. The zero-order valence-electron chi connectivity index (χ0n) is 12.1. The van der Waals surface area contributed by atoms with Crippen LogP contribution in [0.1, 0.15) is 18.1 Å². The van der Waals surface area contributed by atoms with Gasteiger partial charge < -0.3 is 19.9 Å². The summed E-state index contributed by atoms with van der Waals surface area (Å²) < 4.78 is 11.2. The molecule has 108 valence electrons. The number of aryl methyl sites for hydroxylation is 2. The van der Waals surface area contributed by atoms with Gasteiger partial charge in [0.15, 0.2) is 0 Å². The molecule has 0 bridgehead atoms. The highest BCUT2D eigenvalue weighted by molar-refractivity contribution is 5.39. The smallest absolute Gasteiger partial charge is 0.125 e. The molecule has 2 N–H and O–H groups in total. The van der Waals surface area contributed by atoms with Crippen molar-refractivity contribution in [1.29, 1.82) is 0 Å². The fourth-order valence-electron chi connectivity index (χ4n) is 1.77. The highest BCUT2D eigenvalue weighted by Crippen LogP contribution is 2.21. The molecular weight excluding hydrogens is 242 g/mol. The standard InChI is InChI=1S/C15H25NO3/c1-12-5-4-6-13(2)15(12)19-10-9-18-8-7-16-14(3)11-17/h4-6,14,16-17H,7-11H2,1-3H3/t14-/m1/s1. The Morgan fingerprint density at radius 3 is 2.47 bits per heavy atom. The number of nitrogens with one attached hydrogen (secondary N) is 1. The van der Waals surface area contributed by atoms with E-state index in [9.17, 15) is 0 Å². The van der Waals surface area contributed by atoms with Crippen molar-refractivity contribution in [2.24, 2.45) is 0 Å². The van der Waals surface area contributed by atoms with E-state index in [0.29, 0.717) is 19.8 Å². The zero-order chi connectivity index (χ0) is 14.1. The summed E-state index contributed by atoms with van der Waals surface area (Å²) in [5.41, 5.74) is 2.30. The number of aliphatic hydroxyl groups excluding tert-OH is 1. The molecule has 0 heterocycles. The first-order valence-electron chi connectivity index (χ1n) is 6.76. The van der Waals surface area contributed by atoms with Crippen LogP contribution in [0.4, 0.5) is 0 Å². The molecule has 0 spiro atoms. The molecule has 0 radical (unpaired) electrons. The van der Waals surface area contributed by atoms with Crippen LogP contribution >= 0.6 is 0 Å². The van der Waals surface area contributed by atoms with Crippen LogP contribution in [0.3, 0.4) is 0 Å². The summed E-state index contributed by atoms with van der Waals surface area (Å²) in [4.78, 5) is 0. The minimum Gasteiger partial charge on any atom is -0.491 e. The van der Waals surface area contributed by atoms with Gasteiger partial charge in [-0.25, -0.2) is 0 Å². The third-order valence-electron chi connectivity index (χ3n) is 2.90. The Kier molecular flexibility index (Phi) is 7.48. The molecule has 0 aliphatic heterocycles. The molecule has 19 heavy (non-hydrogen) atoms. The van der Waals surface area contributed by atoms with E-state index in [4.69, 9.17) is 14.6 Å². The van der Waals surface area contributed by atoms with Gasteiger partial charge in [-0.1, -0.05) is 18.2 Å². The zero-order valence-corrected chi connectivity index (χ0v) is 12.1. The summed E-state index contributed by atoms with van der Waals surface area (Å²) in [7, 11) is 0. The van der Waals surface area contributed by atoms with Gasteiger partial charge in [-0.15, -0.1) is 0 Å².